The molecule has 2 aromatic rings. The summed E-state index contributed by atoms with van der Waals surface area (Å²) in [6.07, 6.45) is 0. The summed E-state index contributed by atoms with van der Waals surface area (Å²) in [5.74, 6) is 0.584. The molecule has 24 heavy (non-hydrogen) atoms. The molecule has 1 aromatic carbocycles. The van der Waals surface area contributed by atoms with Gasteiger partial charge in [0.05, 0.1) is 13.2 Å². The quantitative estimate of drug-likeness (QED) is 0.826. The van der Waals surface area contributed by atoms with Crippen LogP contribution in [0.2, 0.25) is 0 Å². The molecule has 0 spiro atoms. The van der Waals surface area contributed by atoms with E-state index in [9.17, 15) is 4.79 Å². The zero-order chi connectivity index (χ0) is 16.8. The third-order valence-electron chi connectivity index (χ3n) is 4.03. The van der Waals surface area contributed by atoms with Gasteiger partial charge in [0.15, 0.2) is 5.82 Å². The number of benzene rings is 1. The maximum absolute atomic E-state index is 12.3. The van der Waals surface area contributed by atoms with E-state index in [2.05, 4.69) is 25.7 Å². The number of nitrogens with one attached hydrogen (secondary N) is 1. The summed E-state index contributed by atoms with van der Waals surface area (Å²) in [5, 5.41) is 14.6. The number of tetrazole rings is 1. The van der Waals surface area contributed by atoms with Crippen molar-refractivity contribution >= 4 is 5.91 Å². The van der Waals surface area contributed by atoms with Crippen LogP contribution in [0.4, 0.5) is 0 Å². The third kappa shape index (κ3) is 3.95. The van der Waals surface area contributed by atoms with Crippen LogP contribution >= 0.6 is 0 Å². The molecule has 8 nitrogen and oxygen atoms in total. The Morgan fingerprint density at radius 2 is 2.17 bits per heavy atom. The smallest absolute Gasteiger partial charge is 0.251 e. The van der Waals surface area contributed by atoms with E-state index in [1.165, 1.54) is 0 Å². The van der Waals surface area contributed by atoms with Gasteiger partial charge in [0, 0.05) is 43.9 Å². The monoisotopic (exact) mass is 330 g/mol. The normalized spacial score (nSPS) is 15.4. The minimum atomic E-state index is -0.0827. The van der Waals surface area contributed by atoms with Gasteiger partial charge in [0.1, 0.15) is 0 Å². The Labute approximate surface area is 140 Å². The van der Waals surface area contributed by atoms with Gasteiger partial charge in [-0.1, -0.05) is 12.1 Å². The molecule has 1 amide bonds. The van der Waals surface area contributed by atoms with E-state index in [1.807, 2.05) is 25.1 Å². The van der Waals surface area contributed by atoms with Gasteiger partial charge in [-0.25, -0.2) is 4.68 Å². The van der Waals surface area contributed by atoms with Crippen molar-refractivity contribution in [2.45, 2.75) is 13.5 Å². The lowest BCUT2D eigenvalue weighted by molar-refractivity contribution is 0.0383. The van der Waals surface area contributed by atoms with E-state index in [4.69, 9.17) is 4.74 Å². The van der Waals surface area contributed by atoms with Gasteiger partial charge in [-0.05, 0) is 29.5 Å². The molecule has 1 saturated heterocycles. The van der Waals surface area contributed by atoms with Crippen LogP contribution in [-0.4, -0.2) is 70.4 Å². The first kappa shape index (κ1) is 16.5. The van der Waals surface area contributed by atoms with Crippen molar-refractivity contribution in [3.63, 3.8) is 0 Å². The molecule has 0 unspecified atom stereocenters. The molecule has 1 fully saturated rings. The zero-order valence-corrected chi connectivity index (χ0v) is 13.8. The molecule has 2 heterocycles. The van der Waals surface area contributed by atoms with Crippen molar-refractivity contribution < 1.29 is 9.53 Å². The Kier molecular flexibility index (Phi) is 5.50. The number of aromatic nitrogens is 4. The van der Waals surface area contributed by atoms with Crippen LogP contribution in [0.15, 0.2) is 24.3 Å². The number of amides is 1. The van der Waals surface area contributed by atoms with Crippen LogP contribution in [0.1, 0.15) is 17.3 Å². The summed E-state index contributed by atoms with van der Waals surface area (Å²) in [7, 11) is 0. The summed E-state index contributed by atoms with van der Waals surface area (Å²) >= 11 is 0. The molecule has 0 aliphatic carbocycles. The van der Waals surface area contributed by atoms with Gasteiger partial charge in [-0.3, -0.25) is 9.69 Å². The predicted molar refractivity (Wildman–Crippen MR) is 88.5 cm³/mol. The molecule has 1 aliphatic heterocycles. The largest absolute Gasteiger partial charge is 0.379 e. The number of rotatable bonds is 6. The number of nitrogens with zero attached hydrogens (tertiary/aromatic N) is 5. The van der Waals surface area contributed by atoms with Crippen molar-refractivity contribution in [2.75, 3.05) is 39.4 Å². The number of carbonyl (C=O) groups is 1. The molecule has 1 aliphatic rings. The molecular formula is C16H22N6O2. The maximum atomic E-state index is 12.3. The van der Waals surface area contributed by atoms with E-state index in [0.29, 0.717) is 24.5 Å². The highest BCUT2D eigenvalue weighted by atomic mass is 16.5. The topological polar surface area (TPSA) is 85.2 Å². The van der Waals surface area contributed by atoms with E-state index in [1.54, 1.807) is 10.7 Å². The number of morpholine rings is 1. The molecule has 0 atom stereocenters. The number of hydrogen-bond donors (Lipinski definition) is 1. The first-order valence-corrected chi connectivity index (χ1v) is 8.23. The summed E-state index contributed by atoms with van der Waals surface area (Å²) in [6.45, 7) is 7.49. The third-order valence-corrected chi connectivity index (χ3v) is 4.03. The van der Waals surface area contributed by atoms with Crippen LogP contribution in [-0.2, 0) is 11.3 Å². The average molecular weight is 330 g/mol. The standard InChI is InChI=1S/C16H22N6O2/c1-2-22-15(18-19-20-22)13-4-3-5-14(12-13)16(23)17-6-7-21-8-10-24-11-9-21/h3-5,12H,2,6-11H2,1H3,(H,17,23). The first-order valence-electron chi connectivity index (χ1n) is 8.23. The van der Waals surface area contributed by atoms with Crippen LogP contribution in [0.5, 0.6) is 0 Å². The Hall–Kier alpha value is -2.32. The van der Waals surface area contributed by atoms with Gasteiger partial charge < -0.3 is 10.1 Å². The van der Waals surface area contributed by atoms with Gasteiger partial charge in [-0.15, -0.1) is 5.10 Å². The number of hydrogen-bond acceptors (Lipinski definition) is 6. The fourth-order valence-corrected chi connectivity index (χ4v) is 2.68. The number of aryl methyl sites for hydroxylation is 1. The van der Waals surface area contributed by atoms with Gasteiger partial charge in [-0.2, -0.15) is 0 Å². The maximum Gasteiger partial charge on any atom is 0.251 e. The van der Waals surface area contributed by atoms with Crippen LogP contribution in [0.3, 0.4) is 0 Å². The second kappa shape index (κ2) is 7.98. The van der Waals surface area contributed by atoms with Crippen molar-refractivity contribution in [1.29, 1.82) is 0 Å². The lowest BCUT2D eigenvalue weighted by Gasteiger charge is -2.26. The second-order valence-electron chi connectivity index (χ2n) is 5.61. The first-order chi connectivity index (χ1) is 11.8. The molecule has 1 aromatic heterocycles. The van der Waals surface area contributed by atoms with E-state index in [0.717, 1.165) is 38.4 Å². The summed E-state index contributed by atoms with van der Waals surface area (Å²) < 4.78 is 7.02. The highest BCUT2D eigenvalue weighted by molar-refractivity contribution is 5.95. The van der Waals surface area contributed by atoms with Crippen molar-refractivity contribution in [1.82, 2.24) is 30.4 Å². The molecule has 3 rings (SSSR count). The van der Waals surface area contributed by atoms with E-state index >= 15 is 0 Å². The van der Waals surface area contributed by atoms with Crippen molar-refractivity contribution in [3.05, 3.63) is 29.8 Å². The predicted octanol–water partition coefficient (Wildman–Crippen LogP) is 0.422. The molecule has 128 valence electrons. The molecule has 0 saturated carbocycles. The minimum Gasteiger partial charge on any atom is -0.379 e. The summed E-state index contributed by atoms with van der Waals surface area (Å²) in [4.78, 5) is 14.6. The molecule has 8 heteroatoms. The lowest BCUT2D eigenvalue weighted by Crippen LogP contribution is -2.41. The molecule has 0 radical (unpaired) electrons. The Morgan fingerprint density at radius 1 is 1.33 bits per heavy atom. The van der Waals surface area contributed by atoms with Crippen LogP contribution in [0.25, 0.3) is 11.4 Å². The summed E-state index contributed by atoms with van der Waals surface area (Å²) in [5.41, 5.74) is 1.45. The molecule has 0 bridgehead atoms. The second-order valence-corrected chi connectivity index (χ2v) is 5.61. The molecular weight excluding hydrogens is 308 g/mol. The van der Waals surface area contributed by atoms with Gasteiger partial charge in [0.25, 0.3) is 5.91 Å². The fraction of sp³-hybridized carbons (Fsp3) is 0.500. The van der Waals surface area contributed by atoms with Crippen LogP contribution in [0, 0.1) is 0 Å². The van der Waals surface area contributed by atoms with Crippen LogP contribution < -0.4 is 5.32 Å². The Balaban J connectivity index is 1.60. The Bertz CT molecular complexity index is 681. The fourth-order valence-electron chi connectivity index (χ4n) is 2.68. The van der Waals surface area contributed by atoms with Crippen molar-refractivity contribution in [3.8, 4) is 11.4 Å². The van der Waals surface area contributed by atoms with Gasteiger partial charge in [0.2, 0.25) is 0 Å². The van der Waals surface area contributed by atoms with E-state index < -0.39 is 0 Å². The number of ether oxygens (including phenoxy) is 1. The highest BCUT2D eigenvalue weighted by Crippen LogP contribution is 2.17. The van der Waals surface area contributed by atoms with E-state index in [-0.39, 0.29) is 5.91 Å². The zero-order valence-electron chi connectivity index (χ0n) is 13.8. The highest BCUT2D eigenvalue weighted by Gasteiger charge is 2.13. The number of carbonyl (C=O) groups excluding carboxylic acids is 1. The summed E-state index contributed by atoms with van der Waals surface area (Å²) in [6, 6.07) is 7.37. The Morgan fingerprint density at radius 3 is 2.96 bits per heavy atom. The lowest BCUT2D eigenvalue weighted by atomic mass is 10.1. The molecule has 1 N–H and O–H groups in total. The SMILES string of the molecule is CCn1nnnc1-c1cccc(C(=O)NCCN2CCOCC2)c1. The average Bonchev–Trinajstić information content (AvgIpc) is 3.11. The van der Waals surface area contributed by atoms with Crippen molar-refractivity contribution in [2.24, 2.45) is 0 Å². The minimum absolute atomic E-state index is 0.0827. The van der Waals surface area contributed by atoms with Gasteiger partial charge >= 0.3 is 0 Å².